The molecule has 0 radical (unpaired) electrons. The van der Waals surface area contributed by atoms with E-state index in [1.165, 1.54) is 11.1 Å². The van der Waals surface area contributed by atoms with Crippen molar-refractivity contribution in [3.63, 3.8) is 0 Å². The molecule has 2 heterocycles. The Morgan fingerprint density at radius 1 is 1.48 bits per heavy atom. The largest absolute Gasteiger partial charge is 0.363 e. The second-order valence-electron chi connectivity index (χ2n) is 5.71. The molecule has 0 bridgehead atoms. The van der Waals surface area contributed by atoms with Gasteiger partial charge in [0.15, 0.2) is 0 Å². The van der Waals surface area contributed by atoms with Crippen LogP contribution >= 0.6 is 0 Å². The van der Waals surface area contributed by atoms with Gasteiger partial charge in [-0.05, 0) is 30.5 Å². The number of hydrogen-bond acceptors (Lipinski definition) is 5. The van der Waals surface area contributed by atoms with Crippen molar-refractivity contribution in [1.29, 1.82) is 0 Å². The van der Waals surface area contributed by atoms with E-state index >= 15 is 0 Å². The van der Waals surface area contributed by atoms with Crippen LogP contribution in [0.3, 0.4) is 0 Å². The summed E-state index contributed by atoms with van der Waals surface area (Å²) < 4.78 is 1.56. The third-order valence-electron chi connectivity index (χ3n) is 4.30. The number of nitrogens with zero attached hydrogens (tertiary/aromatic N) is 3. The van der Waals surface area contributed by atoms with Gasteiger partial charge in [0, 0.05) is 19.6 Å². The highest BCUT2D eigenvalue weighted by Gasteiger charge is 2.27. The number of nitro groups is 1. The Morgan fingerprint density at radius 3 is 3.00 bits per heavy atom. The standard InChI is InChI=1S/C16H21N5O2/c1-3-13-15(21(22)23)16(20(2)19-13)18-10-14-12-7-5-4-6-11(12)8-9-17-14/h4-7,14,17-18H,3,8-10H2,1-2H3. The van der Waals surface area contributed by atoms with Crippen molar-refractivity contribution in [3.05, 3.63) is 51.2 Å². The molecule has 0 saturated carbocycles. The molecule has 7 heteroatoms. The third-order valence-corrected chi connectivity index (χ3v) is 4.30. The van der Waals surface area contributed by atoms with Crippen molar-refractivity contribution in [2.24, 2.45) is 7.05 Å². The first-order valence-electron chi connectivity index (χ1n) is 7.87. The summed E-state index contributed by atoms with van der Waals surface area (Å²) in [5.41, 5.74) is 3.19. The molecule has 2 N–H and O–H groups in total. The molecule has 0 amide bonds. The van der Waals surface area contributed by atoms with E-state index in [4.69, 9.17) is 0 Å². The topological polar surface area (TPSA) is 85.0 Å². The molecular weight excluding hydrogens is 294 g/mol. The van der Waals surface area contributed by atoms with Crippen molar-refractivity contribution in [3.8, 4) is 0 Å². The first-order valence-corrected chi connectivity index (χ1v) is 7.87. The molecule has 0 saturated heterocycles. The number of hydrogen-bond donors (Lipinski definition) is 2. The maximum Gasteiger partial charge on any atom is 0.333 e. The van der Waals surface area contributed by atoms with Gasteiger partial charge in [-0.3, -0.25) is 10.1 Å². The summed E-state index contributed by atoms with van der Waals surface area (Å²) in [4.78, 5) is 11.0. The van der Waals surface area contributed by atoms with Gasteiger partial charge in [0.05, 0.1) is 4.92 Å². The summed E-state index contributed by atoms with van der Waals surface area (Å²) in [7, 11) is 1.73. The zero-order chi connectivity index (χ0) is 16.4. The molecule has 0 spiro atoms. The van der Waals surface area contributed by atoms with E-state index in [1.54, 1.807) is 11.7 Å². The van der Waals surface area contributed by atoms with E-state index in [0.29, 0.717) is 24.5 Å². The minimum absolute atomic E-state index is 0.0825. The van der Waals surface area contributed by atoms with Crippen LogP contribution in [-0.4, -0.2) is 27.8 Å². The number of aryl methyl sites for hydroxylation is 2. The van der Waals surface area contributed by atoms with Crippen molar-refractivity contribution < 1.29 is 4.92 Å². The fraction of sp³-hybridized carbons (Fsp3) is 0.438. The molecule has 3 rings (SSSR count). The van der Waals surface area contributed by atoms with Gasteiger partial charge in [0.2, 0.25) is 5.82 Å². The van der Waals surface area contributed by atoms with Crippen molar-refractivity contribution in [2.45, 2.75) is 25.8 Å². The van der Waals surface area contributed by atoms with Gasteiger partial charge in [-0.15, -0.1) is 0 Å². The molecule has 7 nitrogen and oxygen atoms in total. The monoisotopic (exact) mass is 315 g/mol. The number of nitrogens with one attached hydrogen (secondary N) is 2. The molecule has 1 atom stereocenters. The molecular formula is C16H21N5O2. The Kier molecular flexibility index (Phi) is 4.29. The van der Waals surface area contributed by atoms with Crippen LogP contribution in [0.15, 0.2) is 24.3 Å². The molecule has 1 unspecified atom stereocenters. The average Bonchev–Trinajstić information content (AvgIpc) is 2.89. The zero-order valence-electron chi connectivity index (χ0n) is 13.4. The Morgan fingerprint density at radius 2 is 2.26 bits per heavy atom. The molecule has 1 aliphatic heterocycles. The van der Waals surface area contributed by atoms with Crippen LogP contribution < -0.4 is 10.6 Å². The zero-order valence-corrected chi connectivity index (χ0v) is 13.4. The molecule has 0 fully saturated rings. The Labute approximate surface area is 134 Å². The summed E-state index contributed by atoms with van der Waals surface area (Å²) in [5, 5.41) is 22.3. The second-order valence-corrected chi connectivity index (χ2v) is 5.71. The van der Waals surface area contributed by atoms with Crippen LogP contribution in [0.1, 0.15) is 29.8 Å². The summed E-state index contributed by atoms with van der Waals surface area (Å²) >= 11 is 0. The maximum atomic E-state index is 11.4. The fourth-order valence-corrected chi connectivity index (χ4v) is 3.17. The van der Waals surface area contributed by atoms with Gasteiger partial charge < -0.3 is 10.6 Å². The lowest BCUT2D eigenvalue weighted by Gasteiger charge is -2.27. The highest BCUT2D eigenvalue weighted by Crippen LogP contribution is 2.30. The number of rotatable bonds is 5. The van der Waals surface area contributed by atoms with Crippen LogP contribution in [0.4, 0.5) is 11.5 Å². The summed E-state index contributed by atoms with van der Waals surface area (Å²) in [5.74, 6) is 0.469. The quantitative estimate of drug-likeness (QED) is 0.652. The van der Waals surface area contributed by atoms with Gasteiger partial charge in [0.1, 0.15) is 5.69 Å². The fourth-order valence-electron chi connectivity index (χ4n) is 3.17. The van der Waals surface area contributed by atoms with Crippen LogP contribution in [0, 0.1) is 10.1 Å². The maximum absolute atomic E-state index is 11.4. The lowest BCUT2D eigenvalue weighted by atomic mass is 9.94. The van der Waals surface area contributed by atoms with Crippen molar-refractivity contribution >= 4 is 11.5 Å². The Hall–Kier alpha value is -2.41. The van der Waals surface area contributed by atoms with Crippen LogP contribution in [0.2, 0.25) is 0 Å². The highest BCUT2D eigenvalue weighted by molar-refractivity contribution is 5.60. The van der Waals surface area contributed by atoms with Gasteiger partial charge in [-0.2, -0.15) is 5.10 Å². The lowest BCUT2D eigenvalue weighted by Crippen LogP contribution is -2.34. The summed E-state index contributed by atoms with van der Waals surface area (Å²) in [6, 6.07) is 8.47. The predicted octanol–water partition coefficient (Wildman–Crippen LogP) is 2.19. The molecule has 1 aromatic heterocycles. The number of anilines is 1. The first kappa shape index (κ1) is 15.5. The number of benzene rings is 1. The number of aromatic nitrogens is 2. The molecule has 0 aliphatic carbocycles. The molecule has 2 aromatic rings. The predicted molar refractivity (Wildman–Crippen MR) is 88.6 cm³/mol. The second kappa shape index (κ2) is 6.37. The minimum Gasteiger partial charge on any atom is -0.363 e. The summed E-state index contributed by atoms with van der Waals surface area (Å²) in [6.45, 7) is 3.37. The van der Waals surface area contributed by atoms with Crippen LogP contribution in [0.25, 0.3) is 0 Å². The average molecular weight is 315 g/mol. The van der Waals surface area contributed by atoms with E-state index in [-0.39, 0.29) is 16.7 Å². The normalized spacial score (nSPS) is 16.9. The van der Waals surface area contributed by atoms with Crippen LogP contribution in [0.5, 0.6) is 0 Å². The Bertz CT molecular complexity index is 725. The number of fused-ring (bicyclic) bond motifs is 1. The van der Waals surface area contributed by atoms with E-state index < -0.39 is 0 Å². The van der Waals surface area contributed by atoms with Crippen LogP contribution in [-0.2, 0) is 19.9 Å². The van der Waals surface area contributed by atoms with E-state index in [1.807, 2.05) is 19.1 Å². The van der Waals surface area contributed by atoms with E-state index in [0.717, 1.165) is 13.0 Å². The minimum atomic E-state index is -0.351. The van der Waals surface area contributed by atoms with Gasteiger partial charge in [-0.25, -0.2) is 4.68 Å². The molecule has 23 heavy (non-hydrogen) atoms. The molecule has 1 aliphatic rings. The Balaban J connectivity index is 1.82. The highest BCUT2D eigenvalue weighted by atomic mass is 16.6. The van der Waals surface area contributed by atoms with Crippen molar-refractivity contribution in [2.75, 3.05) is 18.4 Å². The van der Waals surface area contributed by atoms with Gasteiger partial charge in [0.25, 0.3) is 0 Å². The van der Waals surface area contributed by atoms with Gasteiger partial charge in [-0.1, -0.05) is 31.2 Å². The van der Waals surface area contributed by atoms with Crippen molar-refractivity contribution in [1.82, 2.24) is 15.1 Å². The van der Waals surface area contributed by atoms with Gasteiger partial charge >= 0.3 is 5.69 Å². The SMILES string of the molecule is CCc1nn(C)c(NCC2NCCc3ccccc32)c1[N+](=O)[O-]. The molecule has 1 aromatic carbocycles. The smallest absolute Gasteiger partial charge is 0.333 e. The van der Waals surface area contributed by atoms with E-state index in [2.05, 4.69) is 27.9 Å². The summed E-state index contributed by atoms with van der Waals surface area (Å²) in [6.07, 6.45) is 1.55. The third kappa shape index (κ3) is 2.92. The van der Waals surface area contributed by atoms with E-state index in [9.17, 15) is 10.1 Å². The lowest BCUT2D eigenvalue weighted by molar-refractivity contribution is -0.384. The molecule has 122 valence electrons. The first-order chi connectivity index (χ1) is 11.1.